The number of hydrogen-bond acceptors (Lipinski definition) is 2. The lowest BCUT2D eigenvalue weighted by atomic mass is 10.2. The van der Waals surface area contributed by atoms with Gasteiger partial charge < -0.3 is 10.6 Å². The molecule has 0 aliphatic heterocycles. The first-order valence-electron chi connectivity index (χ1n) is 6.72. The number of aryl methyl sites for hydroxylation is 1. The number of hydrogen-bond donors (Lipinski definition) is 2. The van der Waals surface area contributed by atoms with Crippen molar-refractivity contribution in [2.75, 3.05) is 5.32 Å². The zero-order valence-electron chi connectivity index (χ0n) is 12.1. The predicted octanol–water partition coefficient (Wildman–Crippen LogP) is 5.19. The van der Waals surface area contributed by atoms with Crippen LogP contribution in [0, 0.1) is 6.92 Å². The van der Waals surface area contributed by atoms with E-state index in [1.807, 2.05) is 31.2 Å². The minimum Gasteiger partial charge on any atom is -0.362 e. The van der Waals surface area contributed by atoms with E-state index in [0.29, 0.717) is 10.6 Å². The normalized spacial score (nSPS) is 12.6. The van der Waals surface area contributed by atoms with E-state index >= 15 is 0 Å². The number of amides is 1. The van der Waals surface area contributed by atoms with Crippen molar-refractivity contribution in [3.63, 3.8) is 0 Å². The van der Waals surface area contributed by atoms with Gasteiger partial charge in [0.1, 0.15) is 6.17 Å². The molecule has 7 heteroatoms. The highest BCUT2D eigenvalue weighted by Gasteiger charge is 2.34. The van der Waals surface area contributed by atoms with Gasteiger partial charge in [-0.15, -0.1) is 0 Å². The Bertz CT molecular complexity index is 700. The van der Waals surface area contributed by atoms with Crippen molar-refractivity contribution in [2.45, 2.75) is 16.9 Å². The Morgan fingerprint density at radius 3 is 2.39 bits per heavy atom. The molecule has 0 bridgehead atoms. The molecule has 0 unspecified atom stereocenters. The average Bonchev–Trinajstić information content (AvgIpc) is 2.45. The third kappa shape index (κ3) is 5.47. The molecule has 0 heterocycles. The summed E-state index contributed by atoms with van der Waals surface area (Å²) >= 11 is 23.8. The average molecular weight is 392 g/mol. The maximum absolute atomic E-state index is 12.3. The van der Waals surface area contributed by atoms with Gasteiger partial charge in [0.05, 0.1) is 0 Å². The van der Waals surface area contributed by atoms with Crippen molar-refractivity contribution in [1.82, 2.24) is 5.32 Å². The summed E-state index contributed by atoms with van der Waals surface area (Å²) in [4.78, 5) is 12.3. The molecule has 0 radical (unpaired) electrons. The highest BCUT2D eigenvalue weighted by Crippen LogP contribution is 2.31. The van der Waals surface area contributed by atoms with Gasteiger partial charge in [-0.05, 0) is 42.8 Å². The van der Waals surface area contributed by atoms with Crippen molar-refractivity contribution >= 4 is 58.0 Å². The summed E-state index contributed by atoms with van der Waals surface area (Å²) in [6.45, 7) is 1.94. The Kier molecular flexibility index (Phi) is 6.04. The quantitative estimate of drug-likeness (QED) is 0.556. The van der Waals surface area contributed by atoms with Gasteiger partial charge in [0, 0.05) is 16.3 Å². The fourth-order valence-electron chi connectivity index (χ4n) is 1.95. The molecule has 1 atom stereocenters. The number of alkyl halides is 3. The van der Waals surface area contributed by atoms with Crippen LogP contribution in [0.4, 0.5) is 5.69 Å². The van der Waals surface area contributed by atoms with E-state index in [9.17, 15) is 4.79 Å². The molecule has 2 aromatic rings. The number of anilines is 1. The molecule has 0 saturated carbocycles. The molecular weight excluding hydrogens is 378 g/mol. The molecule has 0 aliphatic rings. The van der Waals surface area contributed by atoms with Gasteiger partial charge in [-0.1, -0.05) is 64.6 Å². The lowest BCUT2D eigenvalue weighted by Gasteiger charge is -2.27. The molecule has 1 amide bonds. The standard InChI is InChI=1S/C16H14Cl4N2O/c1-10-4-2-7-13(8-10)21-15(16(18,19)20)22-14(23)11-5-3-6-12(17)9-11/h2-9,15,21H,1H3,(H,22,23)/t15-/m1/s1. The van der Waals surface area contributed by atoms with E-state index in [1.165, 1.54) is 0 Å². The van der Waals surface area contributed by atoms with Crippen molar-refractivity contribution in [3.05, 3.63) is 64.7 Å². The molecule has 0 spiro atoms. The Labute approximate surface area is 154 Å². The van der Waals surface area contributed by atoms with Gasteiger partial charge in [-0.25, -0.2) is 0 Å². The summed E-state index contributed by atoms with van der Waals surface area (Å²) < 4.78 is -1.74. The molecule has 2 N–H and O–H groups in total. The molecule has 2 rings (SSSR count). The van der Waals surface area contributed by atoms with Crippen LogP contribution >= 0.6 is 46.4 Å². The minimum atomic E-state index is -1.74. The van der Waals surface area contributed by atoms with Crippen LogP contribution in [0.5, 0.6) is 0 Å². The summed E-state index contributed by atoms with van der Waals surface area (Å²) in [5.41, 5.74) is 2.15. The molecule has 2 aromatic carbocycles. The largest absolute Gasteiger partial charge is 0.362 e. The fraction of sp³-hybridized carbons (Fsp3) is 0.188. The first kappa shape index (κ1) is 18.2. The first-order valence-corrected chi connectivity index (χ1v) is 8.23. The van der Waals surface area contributed by atoms with Crippen molar-refractivity contribution in [3.8, 4) is 0 Å². The van der Waals surface area contributed by atoms with E-state index in [2.05, 4.69) is 10.6 Å². The molecule has 3 nitrogen and oxygen atoms in total. The fourth-order valence-corrected chi connectivity index (χ4v) is 2.46. The van der Waals surface area contributed by atoms with Crippen LogP contribution < -0.4 is 10.6 Å². The monoisotopic (exact) mass is 390 g/mol. The lowest BCUT2D eigenvalue weighted by molar-refractivity contribution is 0.0942. The Morgan fingerprint density at radius 2 is 1.78 bits per heavy atom. The smallest absolute Gasteiger partial charge is 0.253 e. The second kappa shape index (κ2) is 7.63. The van der Waals surface area contributed by atoms with Gasteiger partial charge in [-0.3, -0.25) is 4.79 Å². The number of carbonyl (C=O) groups excluding carboxylic acids is 1. The van der Waals surface area contributed by atoms with Gasteiger partial charge in [-0.2, -0.15) is 0 Å². The third-order valence-electron chi connectivity index (χ3n) is 3.02. The molecule has 0 saturated heterocycles. The molecule has 23 heavy (non-hydrogen) atoms. The van der Waals surface area contributed by atoms with Crippen LogP contribution in [-0.2, 0) is 0 Å². The summed E-state index contributed by atoms with van der Waals surface area (Å²) in [7, 11) is 0. The second-order valence-corrected chi connectivity index (χ2v) is 7.78. The second-order valence-electron chi connectivity index (χ2n) is 4.97. The molecule has 0 aromatic heterocycles. The Morgan fingerprint density at radius 1 is 1.09 bits per heavy atom. The van der Waals surface area contributed by atoms with Crippen LogP contribution in [-0.4, -0.2) is 15.9 Å². The van der Waals surface area contributed by atoms with Crippen molar-refractivity contribution in [1.29, 1.82) is 0 Å². The van der Waals surface area contributed by atoms with E-state index in [0.717, 1.165) is 11.3 Å². The third-order valence-corrected chi connectivity index (χ3v) is 3.91. The van der Waals surface area contributed by atoms with Crippen molar-refractivity contribution < 1.29 is 4.79 Å². The lowest BCUT2D eigenvalue weighted by Crippen LogP contribution is -2.49. The highest BCUT2D eigenvalue weighted by molar-refractivity contribution is 6.68. The van der Waals surface area contributed by atoms with Crippen LogP contribution in [0.3, 0.4) is 0 Å². The zero-order chi connectivity index (χ0) is 17.0. The summed E-state index contributed by atoms with van der Waals surface area (Å²) in [6, 6.07) is 14.0. The summed E-state index contributed by atoms with van der Waals surface area (Å²) in [6.07, 6.45) is -0.916. The number of benzene rings is 2. The van der Waals surface area contributed by atoms with Crippen LogP contribution in [0.2, 0.25) is 5.02 Å². The topological polar surface area (TPSA) is 41.1 Å². The zero-order valence-corrected chi connectivity index (χ0v) is 15.1. The van der Waals surface area contributed by atoms with E-state index in [4.69, 9.17) is 46.4 Å². The SMILES string of the molecule is Cc1cccc(N[C@H](NC(=O)c2cccc(Cl)c2)C(Cl)(Cl)Cl)c1. The van der Waals surface area contributed by atoms with Crippen molar-refractivity contribution in [2.24, 2.45) is 0 Å². The molecule has 122 valence electrons. The van der Waals surface area contributed by atoms with Crippen LogP contribution in [0.15, 0.2) is 48.5 Å². The van der Waals surface area contributed by atoms with E-state index in [1.54, 1.807) is 24.3 Å². The summed E-state index contributed by atoms with van der Waals surface area (Å²) in [5.74, 6) is -0.399. The molecule has 0 fully saturated rings. The Balaban J connectivity index is 2.18. The van der Waals surface area contributed by atoms with E-state index in [-0.39, 0.29) is 0 Å². The number of rotatable bonds is 4. The predicted molar refractivity (Wildman–Crippen MR) is 97.8 cm³/mol. The first-order chi connectivity index (χ1) is 10.8. The maximum atomic E-state index is 12.3. The van der Waals surface area contributed by atoms with Crippen LogP contribution in [0.25, 0.3) is 0 Å². The van der Waals surface area contributed by atoms with Crippen LogP contribution in [0.1, 0.15) is 15.9 Å². The molecule has 0 aliphatic carbocycles. The van der Waals surface area contributed by atoms with Gasteiger partial charge >= 0.3 is 0 Å². The number of halogens is 4. The van der Waals surface area contributed by atoms with Gasteiger partial charge in [0.15, 0.2) is 0 Å². The Hall–Kier alpha value is -1.13. The van der Waals surface area contributed by atoms with Gasteiger partial charge in [0.2, 0.25) is 3.79 Å². The summed E-state index contributed by atoms with van der Waals surface area (Å²) in [5, 5.41) is 6.13. The number of nitrogens with one attached hydrogen (secondary N) is 2. The molecular formula is C16H14Cl4N2O. The maximum Gasteiger partial charge on any atom is 0.253 e. The highest BCUT2D eigenvalue weighted by atomic mass is 35.6. The minimum absolute atomic E-state index is 0.378. The van der Waals surface area contributed by atoms with Gasteiger partial charge in [0.25, 0.3) is 5.91 Å². The number of carbonyl (C=O) groups is 1. The van der Waals surface area contributed by atoms with E-state index < -0.39 is 15.9 Å².